The molecule has 28 heavy (non-hydrogen) atoms. The van der Waals surface area contributed by atoms with Crippen LogP contribution in [0, 0.1) is 0 Å². The molecule has 2 heteroatoms. The van der Waals surface area contributed by atoms with Crippen LogP contribution in [-0.4, -0.2) is 13.8 Å². The van der Waals surface area contributed by atoms with Crippen LogP contribution in [0.15, 0.2) is 115 Å². The van der Waals surface area contributed by atoms with E-state index in [9.17, 15) is 0 Å². The Kier molecular flexibility index (Phi) is 4.79. The Morgan fingerprint density at radius 3 is 1.29 bits per heavy atom. The van der Waals surface area contributed by atoms with Gasteiger partial charge in [0.1, 0.15) is 0 Å². The molecule has 0 spiro atoms. The average Bonchev–Trinajstić information content (AvgIpc) is 2.80. The van der Waals surface area contributed by atoms with Crippen molar-refractivity contribution in [2.24, 2.45) is 0 Å². The van der Waals surface area contributed by atoms with E-state index in [0.29, 0.717) is 0 Å². The van der Waals surface area contributed by atoms with Crippen LogP contribution in [0.2, 0.25) is 0 Å². The first-order valence-corrected chi connectivity index (χ1v) is 12.2. The summed E-state index contributed by atoms with van der Waals surface area (Å²) >= 11 is 0. The third kappa shape index (κ3) is 2.66. The number of hydrogen-bond acceptors (Lipinski definition) is 1. The first-order valence-electron chi connectivity index (χ1n) is 9.51. The van der Waals surface area contributed by atoms with Crippen LogP contribution in [0.5, 0.6) is 5.75 Å². The standard InChI is InChI=1S/C26H25OP/c1-27-22-13-12-20-26(21-22)28(2,23-14-6-3-7-15-23,24-16-8-4-9-17-24)25-18-10-5-11-19-25/h3-21H,1-2H3. The van der Waals surface area contributed by atoms with Crippen LogP contribution in [0.3, 0.4) is 0 Å². The van der Waals surface area contributed by atoms with Gasteiger partial charge < -0.3 is 0 Å². The zero-order chi connectivity index (χ0) is 19.5. The molecule has 0 bridgehead atoms. The average molecular weight is 384 g/mol. The topological polar surface area (TPSA) is 9.23 Å². The van der Waals surface area contributed by atoms with Gasteiger partial charge in [-0.3, -0.25) is 0 Å². The molecule has 0 aliphatic carbocycles. The van der Waals surface area contributed by atoms with Crippen molar-refractivity contribution >= 4 is 27.8 Å². The van der Waals surface area contributed by atoms with E-state index >= 15 is 0 Å². The van der Waals surface area contributed by atoms with E-state index in [1.807, 2.05) is 6.07 Å². The third-order valence-corrected chi connectivity index (χ3v) is 12.2. The fourth-order valence-corrected chi connectivity index (χ4v) is 9.70. The molecule has 0 saturated carbocycles. The summed E-state index contributed by atoms with van der Waals surface area (Å²) in [5.74, 6) is 0.885. The van der Waals surface area contributed by atoms with Crippen LogP contribution >= 0.6 is 6.60 Å². The van der Waals surface area contributed by atoms with Gasteiger partial charge >= 0.3 is 167 Å². The van der Waals surface area contributed by atoms with Gasteiger partial charge in [-0.25, -0.2) is 0 Å². The second-order valence-electron chi connectivity index (χ2n) is 7.27. The van der Waals surface area contributed by atoms with Crippen molar-refractivity contribution in [3.05, 3.63) is 115 Å². The monoisotopic (exact) mass is 384 g/mol. The van der Waals surface area contributed by atoms with Crippen molar-refractivity contribution in [1.29, 1.82) is 0 Å². The predicted octanol–water partition coefficient (Wildman–Crippen LogP) is 4.48. The molecule has 0 saturated heterocycles. The molecule has 0 heterocycles. The maximum atomic E-state index is 5.62. The SMILES string of the molecule is COc1cccc(P(C)(c2ccccc2)(c2ccccc2)c2ccccc2)c1. The Bertz CT molecular complexity index is 960. The summed E-state index contributed by atoms with van der Waals surface area (Å²) in [6.07, 6.45) is 0. The quantitative estimate of drug-likeness (QED) is 0.461. The molecule has 0 aliphatic heterocycles. The Hall–Kier alpha value is -2.89. The number of hydrogen-bond donors (Lipinski definition) is 0. The summed E-state index contributed by atoms with van der Waals surface area (Å²) in [6, 6.07) is 41.4. The van der Waals surface area contributed by atoms with Crippen molar-refractivity contribution in [3.8, 4) is 5.75 Å². The molecule has 4 aromatic carbocycles. The fraction of sp³-hybridized carbons (Fsp3) is 0.0769. The summed E-state index contributed by atoms with van der Waals surface area (Å²) in [5.41, 5.74) is 0. The minimum absolute atomic E-state index is 0.885. The van der Waals surface area contributed by atoms with Gasteiger partial charge in [-0.15, -0.1) is 0 Å². The van der Waals surface area contributed by atoms with Crippen LogP contribution in [0.1, 0.15) is 0 Å². The molecule has 0 radical (unpaired) electrons. The summed E-state index contributed by atoms with van der Waals surface area (Å²) in [5, 5.41) is 5.34. The van der Waals surface area contributed by atoms with Crippen LogP contribution in [-0.2, 0) is 0 Å². The second kappa shape index (κ2) is 7.26. The van der Waals surface area contributed by atoms with E-state index in [2.05, 4.69) is 116 Å². The van der Waals surface area contributed by atoms with E-state index in [0.717, 1.165) is 5.75 Å². The van der Waals surface area contributed by atoms with Gasteiger partial charge in [0.15, 0.2) is 0 Å². The zero-order valence-corrected chi connectivity index (χ0v) is 17.2. The Labute approximate surface area is 167 Å². The van der Waals surface area contributed by atoms with Crippen molar-refractivity contribution in [2.75, 3.05) is 13.8 Å². The van der Waals surface area contributed by atoms with Crippen molar-refractivity contribution in [3.63, 3.8) is 0 Å². The molecule has 140 valence electrons. The summed E-state index contributed by atoms with van der Waals surface area (Å²) < 4.78 is 5.62. The Morgan fingerprint density at radius 1 is 0.500 bits per heavy atom. The minimum atomic E-state index is -2.95. The normalized spacial score (nSPS) is 12.7. The molecule has 4 rings (SSSR count). The van der Waals surface area contributed by atoms with Crippen LogP contribution < -0.4 is 26.0 Å². The van der Waals surface area contributed by atoms with Crippen molar-refractivity contribution < 1.29 is 4.74 Å². The van der Waals surface area contributed by atoms with Gasteiger partial charge in [-0.05, 0) is 0 Å². The fourth-order valence-electron chi connectivity index (χ4n) is 4.25. The van der Waals surface area contributed by atoms with Crippen LogP contribution in [0.4, 0.5) is 0 Å². The maximum absolute atomic E-state index is 5.62. The molecule has 0 fully saturated rings. The molecule has 0 amide bonds. The van der Waals surface area contributed by atoms with Crippen molar-refractivity contribution in [2.45, 2.75) is 0 Å². The molecular formula is C26H25OP. The molecule has 1 nitrogen and oxygen atoms in total. The molecule has 4 aromatic rings. The Morgan fingerprint density at radius 2 is 0.893 bits per heavy atom. The Balaban J connectivity index is 2.22. The number of benzene rings is 4. The summed E-state index contributed by atoms with van der Waals surface area (Å²) in [7, 11) is 1.73. The molecule has 0 N–H and O–H groups in total. The van der Waals surface area contributed by atoms with Crippen molar-refractivity contribution in [1.82, 2.24) is 0 Å². The van der Waals surface area contributed by atoms with E-state index in [1.54, 1.807) is 7.11 Å². The van der Waals surface area contributed by atoms with E-state index in [1.165, 1.54) is 21.2 Å². The van der Waals surface area contributed by atoms with Gasteiger partial charge in [0, 0.05) is 0 Å². The first kappa shape index (κ1) is 18.5. The molecule has 0 aliphatic rings. The third-order valence-electron chi connectivity index (χ3n) is 5.90. The summed E-state index contributed by atoms with van der Waals surface area (Å²) in [6.45, 7) is -0.489. The number of methoxy groups -OCH3 is 1. The predicted molar refractivity (Wildman–Crippen MR) is 124 cm³/mol. The van der Waals surface area contributed by atoms with Crippen LogP contribution in [0.25, 0.3) is 0 Å². The number of rotatable bonds is 5. The first-order chi connectivity index (χ1) is 13.7. The van der Waals surface area contributed by atoms with Gasteiger partial charge in [0.25, 0.3) is 0 Å². The molecular weight excluding hydrogens is 359 g/mol. The van der Waals surface area contributed by atoms with Gasteiger partial charge in [-0.2, -0.15) is 0 Å². The van der Waals surface area contributed by atoms with E-state index in [4.69, 9.17) is 4.74 Å². The van der Waals surface area contributed by atoms with Gasteiger partial charge in [0.2, 0.25) is 0 Å². The molecule has 0 atom stereocenters. The van der Waals surface area contributed by atoms with E-state index in [-0.39, 0.29) is 0 Å². The van der Waals surface area contributed by atoms with E-state index < -0.39 is 6.60 Å². The second-order valence-corrected chi connectivity index (χ2v) is 12.5. The zero-order valence-electron chi connectivity index (χ0n) is 16.3. The van der Waals surface area contributed by atoms with Gasteiger partial charge in [0.05, 0.1) is 0 Å². The molecule has 0 aromatic heterocycles. The number of ether oxygens (including phenoxy) is 1. The summed E-state index contributed by atoms with van der Waals surface area (Å²) in [4.78, 5) is 0. The van der Waals surface area contributed by atoms with Gasteiger partial charge in [-0.1, -0.05) is 0 Å². The molecule has 0 unspecified atom stereocenters.